The van der Waals surface area contributed by atoms with Gasteiger partial charge in [0, 0.05) is 15.9 Å². The number of H-pyrrole nitrogens is 1. The van der Waals surface area contributed by atoms with E-state index in [1.807, 2.05) is 18.2 Å². The lowest BCUT2D eigenvalue weighted by Crippen LogP contribution is -2.05. The molecule has 0 aliphatic carbocycles. The molecule has 0 fully saturated rings. The molecule has 0 aliphatic rings. The number of imidazole rings is 1. The lowest BCUT2D eigenvalue weighted by Gasteiger charge is -2.07. The Morgan fingerprint density at radius 1 is 1.29 bits per heavy atom. The van der Waals surface area contributed by atoms with Crippen LogP contribution in [0.5, 0.6) is 0 Å². The SMILES string of the molecule is CCCNc1nc(Sc2ccccc2Br)c2[nH]cnc2n1. The van der Waals surface area contributed by atoms with Crippen LogP contribution < -0.4 is 5.32 Å². The molecule has 3 aromatic rings. The highest BCUT2D eigenvalue weighted by atomic mass is 79.9. The van der Waals surface area contributed by atoms with Crippen molar-refractivity contribution in [2.24, 2.45) is 0 Å². The van der Waals surface area contributed by atoms with Crippen LogP contribution in [0.1, 0.15) is 13.3 Å². The van der Waals surface area contributed by atoms with Crippen LogP contribution in [0.2, 0.25) is 0 Å². The van der Waals surface area contributed by atoms with Crippen molar-refractivity contribution in [1.82, 2.24) is 19.9 Å². The summed E-state index contributed by atoms with van der Waals surface area (Å²) in [5.41, 5.74) is 1.54. The minimum absolute atomic E-state index is 0.617. The van der Waals surface area contributed by atoms with Crippen LogP contribution in [0.15, 0.2) is 45.0 Å². The van der Waals surface area contributed by atoms with Crippen molar-refractivity contribution in [3.63, 3.8) is 0 Å². The van der Waals surface area contributed by atoms with E-state index in [0.717, 1.165) is 32.9 Å². The number of anilines is 1. The lowest BCUT2D eigenvalue weighted by atomic mass is 10.4. The Morgan fingerprint density at radius 2 is 2.14 bits per heavy atom. The van der Waals surface area contributed by atoms with Gasteiger partial charge in [-0.3, -0.25) is 0 Å². The zero-order valence-corrected chi connectivity index (χ0v) is 13.8. The van der Waals surface area contributed by atoms with Crippen LogP contribution in [0.4, 0.5) is 5.95 Å². The van der Waals surface area contributed by atoms with E-state index in [1.54, 1.807) is 18.1 Å². The third-order valence-corrected chi connectivity index (χ3v) is 4.85. The second kappa shape index (κ2) is 6.44. The van der Waals surface area contributed by atoms with Crippen molar-refractivity contribution in [2.45, 2.75) is 23.3 Å². The Morgan fingerprint density at radius 3 is 2.95 bits per heavy atom. The number of hydrogen-bond acceptors (Lipinski definition) is 5. The number of benzene rings is 1. The van der Waals surface area contributed by atoms with Crippen LogP contribution >= 0.6 is 27.7 Å². The van der Waals surface area contributed by atoms with E-state index < -0.39 is 0 Å². The molecule has 0 atom stereocenters. The summed E-state index contributed by atoms with van der Waals surface area (Å²) >= 11 is 5.15. The molecule has 2 N–H and O–H groups in total. The van der Waals surface area contributed by atoms with Gasteiger partial charge in [-0.2, -0.15) is 4.98 Å². The molecule has 0 radical (unpaired) electrons. The molecule has 2 heterocycles. The molecule has 21 heavy (non-hydrogen) atoms. The van der Waals surface area contributed by atoms with E-state index in [1.165, 1.54) is 0 Å². The van der Waals surface area contributed by atoms with Gasteiger partial charge in [-0.25, -0.2) is 9.97 Å². The molecular weight excluding hydrogens is 350 g/mol. The smallest absolute Gasteiger partial charge is 0.225 e. The van der Waals surface area contributed by atoms with Crippen molar-refractivity contribution < 1.29 is 0 Å². The molecule has 7 heteroatoms. The van der Waals surface area contributed by atoms with Gasteiger partial charge in [0.05, 0.1) is 6.33 Å². The minimum Gasteiger partial charge on any atom is -0.354 e. The van der Waals surface area contributed by atoms with E-state index in [0.29, 0.717) is 11.6 Å². The first-order valence-corrected chi connectivity index (χ1v) is 8.26. The summed E-state index contributed by atoms with van der Waals surface area (Å²) in [5.74, 6) is 0.617. The molecule has 5 nitrogen and oxygen atoms in total. The summed E-state index contributed by atoms with van der Waals surface area (Å²) in [7, 11) is 0. The van der Waals surface area contributed by atoms with Gasteiger partial charge in [0.2, 0.25) is 5.95 Å². The maximum atomic E-state index is 4.60. The van der Waals surface area contributed by atoms with Crippen molar-refractivity contribution >= 4 is 44.8 Å². The summed E-state index contributed by atoms with van der Waals surface area (Å²) in [6.07, 6.45) is 2.67. The van der Waals surface area contributed by atoms with Gasteiger partial charge in [0.1, 0.15) is 10.5 Å². The number of aromatic nitrogens is 4. The number of aromatic amines is 1. The molecule has 2 aromatic heterocycles. The van der Waals surface area contributed by atoms with Crippen molar-refractivity contribution in [2.75, 3.05) is 11.9 Å². The standard InChI is InChI=1S/C14H14BrN5S/c1-2-7-16-14-19-12-11(17-8-18-12)13(20-14)21-10-6-4-3-5-9(10)15/h3-6,8H,2,7H2,1H3,(H2,16,17,18,19,20). The molecule has 0 unspecified atom stereocenters. The number of fused-ring (bicyclic) bond motifs is 1. The van der Waals surface area contributed by atoms with Crippen LogP contribution in [0.25, 0.3) is 11.2 Å². The van der Waals surface area contributed by atoms with Gasteiger partial charge in [-0.05, 0) is 34.5 Å². The molecular formula is C14H14BrN5S. The first kappa shape index (κ1) is 14.3. The topological polar surface area (TPSA) is 66.5 Å². The third-order valence-electron chi connectivity index (χ3n) is 2.83. The average molecular weight is 364 g/mol. The Bertz CT molecular complexity index is 758. The zero-order valence-electron chi connectivity index (χ0n) is 11.4. The average Bonchev–Trinajstić information content (AvgIpc) is 2.96. The number of hydrogen-bond donors (Lipinski definition) is 2. The van der Waals surface area contributed by atoms with Crippen LogP contribution in [0, 0.1) is 0 Å². The van der Waals surface area contributed by atoms with Crippen molar-refractivity contribution in [3.8, 4) is 0 Å². The highest BCUT2D eigenvalue weighted by molar-refractivity contribution is 9.10. The fourth-order valence-corrected chi connectivity index (χ4v) is 3.26. The van der Waals surface area contributed by atoms with E-state index in [9.17, 15) is 0 Å². The van der Waals surface area contributed by atoms with E-state index in [4.69, 9.17) is 0 Å². The molecule has 0 saturated carbocycles. The molecule has 3 rings (SSSR count). The third kappa shape index (κ3) is 3.19. The number of nitrogens with zero attached hydrogens (tertiary/aromatic N) is 3. The highest BCUT2D eigenvalue weighted by Crippen LogP contribution is 2.35. The monoisotopic (exact) mass is 363 g/mol. The van der Waals surface area contributed by atoms with Crippen LogP contribution in [-0.4, -0.2) is 26.5 Å². The molecule has 0 spiro atoms. The summed E-state index contributed by atoms with van der Waals surface area (Å²) in [6, 6.07) is 8.07. The molecule has 0 amide bonds. The fourth-order valence-electron chi connectivity index (χ4n) is 1.83. The Balaban J connectivity index is 2.00. The maximum absolute atomic E-state index is 4.60. The van der Waals surface area contributed by atoms with Gasteiger partial charge < -0.3 is 10.3 Å². The minimum atomic E-state index is 0.617. The van der Waals surface area contributed by atoms with Gasteiger partial charge in [-0.1, -0.05) is 30.8 Å². The Hall–Kier alpha value is -1.60. The summed E-state index contributed by atoms with van der Waals surface area (Å²) in [6.45, 7) is 2.95. The zero-order chi connectivity index (χ0) is 14.7. The summed E-state index contributed by atoms with van der Waals surface area (Å²) in [4.78, 5) is 17.5. The summed E-state index contributed by atoms with van der Waals surface area (Å²) in [5, 5.41) is 4.08. The van der Waals surface area contributed by atoms with Crippen molar-refractivity contribution in [3.05, 3.63) is 35.1 Å². The second-order valence-electron chi connectivity index (χ2n) is 4.41. The first-order valence-electron chi connectivity index (χ1n) is 6.65. The van der Waals surface area contributed by atoms with Gasteiger partial charge >= 0.3 is 0 Å². The van der Waals surface area contributed by atoms with Crippen molar-refractivity contribution in [1.29, 1.82) is 0 Å². The first-order chi connectivity index (χ1) is 10.3. The highest BCUT2D eigenvalue weighted by Gasteiger charge is 2.12. The number of halogens is 1. The van der Waals surface area contributed by atoms with E-state index in [2.05, 4.69) is 54.2 Å². The fraction of sp³-hybridized carbons (Fsp3) is 0.214. The molecule has 108 valence electrons. The maximum Gasteiger partial charge on any atom is 0.225 e. The van der Waals surface area contributed by atoms with Crippen LogP contribution in [-0.2, 0) is 0 Å². The molecule has 0 saturated heterocycles. The molecule has 1 aromatic carbocycles. The normalized spacial score (nSPS) is 11.0. The molecule has 0 bridgehead atoms. The summed E-state index contributed by atoms with van der Waals surface area (Å²) < 4.78 is 1.05. The van der Waals surface area contributed by atoms with Gasteiger partial charge in [0.15, 0.2) is 5.65 Å². The second-order valence-corrected chi connectivity index (χ2v) is 6.30. The van der Waals surface area contributed by atoms with E-state index in [-0.39, 0.29) is 0 Å². The predicted octanol–water partition coefficient (Wildman–Crippen LogP) is 4.09. The largest absolute Gasteiger partial charge is 0.354 e. The lowest BCUT2D eigenvalue weighted by molar-refractivity contribution is 0.943. The molecule has 0 aliphatic heterocycles. The predicted molar refractivity (Wildman–Crippen MR) is 88.7 cm³/mol. The van der Waals surface area contributed by atoms with Crippen LogP contribution in [0.3, 0.4) is 0 Å². The number of nitrogens with one attached hydrogen (secondary N) is 2. The van der Waals surface area contributed by atoms with E-state index >= 15 is 0 Å². The van der Waals surface area contributed by atoms with Gasteiger partial charge in [0.25, 0.3) is 0 Å². The Labute approximate surface area is 135 Å². The van der Waals surface area contributed by atoms with Gasteiger partial charge in [-0.15, -0.1) is 0 Å². The Kier molecular flexibility index (Phi) is 4.40. The number of rotatable bonds is 5. The quantitative estimate of drug-likeness (QED) is 0.668.